The molecule has 1 saturated heterocycles. The average molecular weight is 482 g/mol. The van der Waals surface area contributed by atoms with Crippen molar-refractivity contribution < 1.29 is 35.9 Å². The van der Waals surface area contributed by atoms with Crippen molar-refractivity contribution in [2.24, 2.45) is 0 Å². The molecule has 0 N–H and O–H groups in total. The van der Waals surface area contributed by atoms with E-state index in [9.17, 15) is 31.1 Å². The van der Waals surface area contributed by atoms with E-state index >= 15 is 0 Å². The second-order valence-corrected chi connectivity index (χ2v) is 7.48. The maximum Gasteiger partial charge on any atom is 0.417 e. The molecule has 0 bridgehead atoms. The Hall–Kier alpha value is -3.70. The number of pyridine rings is 1. The first-order valence-electron chi connectivity index (χ1n) is 9.98. The highest BCUT2D eigenvalue weighted by Crippen LogP contribution is 2.36. The van der Waals surface area contributed by atoms with Gasteiger partial charge in [0.05, 0.1) is 11.1 Å². The van der Waals surface area contributed by atoms with E-state index in [0.29, 0.717) is 12.3 Å². The quantitative estimate of drug-likeness (QED) is 0.497. The van der Waals surface area contributed by atoms with Crippen molar-refractivity contribution in [1.29, 1.82) is 0 Å². The van der Waals surface area contributed by atoms with Gasteiger partial charge in [-0.15, -0.1) is 0 Å². The zero-order chi connectivity index (χ0) is 24.5. The van der Waals surface area contributed by atoms with Crippen molar-refractivity contribution >= 4 is 5.91 Å². The highest BCUT2D eigenvalue weighted by molar-refractivity contribution is 6.00. The molecule has 0 spiro atoms. The van der Waals surface area contributed by atoms with E-state index in [1.54, 1.807) is 0 Å². The van der Waals surface area contributed by atoms with Crippen molar-refractivity contribution in [1.82, 2.24) is 19.9 Å². The molecule has 3 aromatic rings. The monoisotopic (exact) mass is 482 g/mol. The molecule has 178 valence electrons. The van der Waals surface area contributed by atoms with Crippen LogP contribution in [-0.4, -0.2) is 50.9 Å². The topological polar surface area (TPSA) is 68.2 Å². The van der Waals surface area contributed by atoms with Crippen LogP contribution in [0.25, 0.3) is 11.4 Å². The van der Waals surface area contributed by atoms with E-state index in [1.807, 2.05) is 0 Å². The Bertz CT molecular complexity index is 1170. The van der Waals surface area contributed by atoms with Gasteiger partial charge < -0.3 is 9.64 Å². The smallest absolute Gasteiger partial charge is 0.417 e. The van der Waals surface area contributed by atoms with Gasteiger partial charge in [-0.1, -0.05) is 0 Å². The molecule has 1 atom stereocenters. The third kappa shape index (κ3) is 4.80. The highest BCUT2D eigenvalue weighted by atomic mass is 19.4. The van der Waals surface area contributed by atoms with Crippen LogP contribution in [0.3, 0.4) is 0 Å². The molecule has 1 aliphatic rings. The summed E-state index contributed by atoms with van der Waals surface area (Å²) < 4.78 is 86.4. The number of aromatic nitrogens is 3. The molecule has 34 heavy (non-hydrogen) atoms. The molecule has 0 aliphatic carbocycles. The van der Waals surface area contributed by atoms with Crippen LogP contribution in [0, 0.1) is 5.82 Å². The molecule has 0 radical (unpaired) electrons. The zero-order valence-electron chi connectivity index (χ0n) is 17.3. The molecular weight excluding hydrogens is 466 g/mol. The lowest BCUT2D eigenvalue weighted by Gasteiger charge is -2.28. The Labute approximate surface area is 189 Å². The van der Waals surface area contributed by atoms with Crippen LogP contribution in [0.2, 0.25) is 0 Å². The summed E-state index contributed by atoms with van der Waals surface area (Å²) in [6.45, 7) is -1.07. The predicted molar refractivity (Wildman–Crippen MR) is 107 cm³/mol. The first-order chi connectivity index (χ1) is 16.1. The fraction of sp³-hybridized carbons (Fsp3) is 0.273. The number of hydrogen-bond donors (Lipinski definition) is 0. The average Bonchev–Trinajstić information content (AvgIpc) is 3.11. The molecule has 3 heterocycles. The number of amides is 1. The van der Waals surface area contributed by atoms with Gasteiger partial charge in [-0.3, -0.25) is 4.79 Å². The normalized spacial score (nSPS) is 17.6. The maximum atomic E-state index is 14.6. The van der Waals surface area contributed by atoms with Gasteiger partial charge in [0.25, 0.3) is 11.8 Å². The first kappa shape index (κ1) is 23.5. The second-order valence-electron chi connectivity index (χ2n) is 7.48. The molecular formula is C22H16F6N4O2. The number of hydrogen-bond acceptors (Lipinski definition) is 5. The number of halogens is 6. The van der Waals surface area contributed by atoms with Crippen molar-refractivity contribution in [2.75, 3.05) is 13.2 Å². The van der Waals surface area contributed by atoms with Crippen LogP contribution in [0.4, 0.5) is 26.3 Å². The van der Waals surface area contributed by atoms with Gasteiger partial charge in [0.15, 0.2) is 5.82 Å². The summed E-state index contributed by atoms with van der Waals surface area (Å²) in [5, 5.41) is 0. The minimum absolute atomic E-state index is 0.110. The number of rotatable bonds is 5. The van der Waals surface area contributed by atoms with E-state index in [-0.39, 0.29) is 29.4 Å². The largest absolute Gasteiger partial charge is 0.475 e. The number of ether oxygens (including phenoxy) is 1. The van der Waals surface area contributed by atoms with Gasteiger partial charge in [0, 0.05) is 43.2 Å². The molecule has 1 fully saturated rings. The van der Waals surface area contributed by atoms with Gasteiger partial charge in [0.2, 0.25) is 5.88 Å². The molecule has 6 nitrogen and oxygen atoms in total. The van der Waals surface area contributed by atoms with Gasteiger partial charge >= 0.3 is 6.18 Å². The van der Waals surface area contributed by atoms with Crippen LogP contribution in [0.5, 0.6) is 5.88 Å². The van der Waals surface area contributed by atoms with Gasteiger partial charge in [-0.2, -0.15) is 13.2 Å². The Kier molecular flexibility index (Phi) is 6.15. The number of nitrogens with zero attached hydrogens (tertiary/aromatic N) is 4. The standard InChI is InChI=1S/C22H16F6N4O2/c23-14-3-4-15(19-29-7-1-8-30-19)16(10-14)20(33)32-9-6-21(24,25)17(32)12-34-18-5-2-13(11-31-18)22(26,27)28/h1-5,7-8,10-11,17H,6,9,12H2/t17-/m1/s1. The molecule has 12 heteroatoms. The number of carbonyl (C=O) groups is 1. The van der Waals surface area contributed by atoms with Gasteiger partial charge in [-0.25, -0.2) is 28.1 Å². The SMILES string of the molecule is O=C(c1cc(F)ccc1-c1ncccn1)N1CCC(F)(F)[C@H]1COc1ccc(C(F)(F)F)cn1. The lowest BCUT2D eigenvalue weighted by Crippen LogP contribution is -2.46. The first-order valence-corrected chi connectivity index (χ1v) is 9.98. The summed E-state index contributed by atoms with van der Waals surface area (Å²) in [6, 6.07) is 4.69. The summed E-state index contributed by atoms with van der Waals surface area (Å²) in [6.07, 6.45) is -1.93. The number of benzene rings is 1. The van der Waals surface area contributed by atoms with Crippen molar-refractivity contribution in [3.8, 4) is 17.3 Å². The van der Waals surface area contributed by atoms with Crippen LogP contribution < -0.4 is 4.74 Å². The fourth-order valence-electron chi connectivity index (χ4n) is 3.55. The fourth-order valence-corrected chi connectivity index (χ4v) is 3.55. The summed E-state index contributed by atoms with van der Waals surface area (Å²) in [4.78, 5) is 25.6. The summed E-state index contributed by atoms with van der Waals surface area (Å²) in [5.74, 6) is -5.19. The highest BCUT2D eigenvalue weighted by Gasteiger charge is 2.51. The number of carbonyl (C=O) groups excluding carboxylic acids is 1. The van der Waals surface area contributed by atoms with Gasteiger partial charge in [-0.05, 0) is 30.3 Å². The third-order valence-electron chi connectivity index (χ3n) is 5.28. The van der Waals surface area contributed by atoms with Crippen LogP contribution in [-0.2, 0) is 6.18 Å². The lowest BCUT2D eigenvalue weighted by molar-refractivity contribution is -0.137. The molecule has 0 saturated carbocycles. The summed E-state index contributed by atoms with van der Waals surface area (Å²) in [5.41, 5.74) is -1.07. The molecule has 0 unspecified atom stereocenters. The van der Waals surface area contributed by atoms with Crippen LogP contribution >= 0.6 is 0 Å². The molecule has 1 aliphatic heterocycles. The van der Waals surface area contributed by atoms with E-state index in [1.165, 1.54) is 24.5 Å². The van der Waals surface area contributed by atoms with Crippen molar-refractivity contribution in [2.45, 2.75) is 24.6 Å². The summed E-state index contributed by atoms with van der Waals surface area (Å²) in [7, 11) is 0. The van der Waals surface area contributed by atoms with Crippen molar-refractivity contribution in [3.63, 3.8) is 0 Å². The Balaban J connectivity index is 1.58. The van der Waals surface area contributed by atoms with Crippen LogP contribution in [0.1, 0.15) is 22.3 Å². The maximum absolute atomic E-state index is 14.6. The number of likely N-dealkylation sites (tertiary alicyclic amines) is 1. The van der Waals surface area contributed by atoms with E-state index in [2.05, 4.69) is 15.0 Å². The zero-order valence-corrected chi connectivity index (χ0v) is 17.3. The molecule has 4 rings (SSSR count). The molecule has 2 aromatic heterocycles. The third-order valence-corrected chi connectivity index (χ3v) is 5.28. The van der Waals surface area contributed by atoms with Crippen molar-refractivity contribution in [3.05, 3.63) is 71.9 Å². The van der Waals surface area contributed by atoms with Gasteiger partial charge in [0.1, 0.15) is 18.5 Å². The van der Waals surface area contributed by atoms with E-state index < -0.39 is 48.5 Å². The number of alkyl halides is 5. The molecule has 1 amide bonds. The Morgan fingerprint density at radius 2 is 1.85 bits per heavy atom. The Morgan fingerprint density at radius 1 is 1.12 bits per heavy atom. The molecule has 1 aromatic carbocycles. The summed E-state index contributed by atoms with van der Waals surface area (Å²) >= 11 is 0. The second kappa shape index (κ2) is 8.92. The Morgan fingerprint density at radius 3 is 2.50 bits per heavy atom. The lowest BCUT2D eigenvalue weighted by atomic mass is 10.0. The minimum Gasteiger partial charge on any atom is -0.475 e. The van der Waals surface area contributed by atoms with E-state index in [0.717, 1.165) is 23.1 Å². The van der Waals surface area contributed by atoms with Crippen LogP contribution in [0.15, 0.2) is 55.0 Å². The van der Waals surface area contributed by atoms with E-state index in [4.69, 9.17) is 4.74 Å². The predicted octanol–water partition coefficient (Wildman–Crippen LogP) is 4.63. The minimum atomic E-state index is -4.61.